The minimum absolute atomic E-state index is 0.0577. The Morgan fingerprint density at radius 2 is 2.03 bits per heavy atom. The maximum Gasteiger partial charge on any atom is 0.282 e. The van der Waals surface area contributed by atoms with Gasteiger partial charge >= 0.3 is 0 Å². The fourth-order valence-electron chi connectivity index (χ4n) is 3.76. The molecular weight excluding hydrogens is 441 g/mol. The van der Waals surface area contributed by atoms with Crippen molar-refractivity contribution < 1.29 is 18.7 Å². The number of aromatic nitrogens is 1. The number of hydrogen-bond acceptors (Lipinski definition) is 4. The zero-order chi connectivity index (χ0) is 23.4. The predicted molar refractivity (Wildman–Crippen MR) is 125 cm³/mol. The summed E-state index contributed by atoms with van der Waals surface area (Å²) in [7, 11) is 0. The third kappa shape index (κ3) is 5.46. The Bertz CT molecular complexity index is 1240. The van der Waals surface area contributed by atoms with E-state index in [1.807, 2.05) is 36.6 Å². The summed E-state index contributed by atoms with van der Waals surface area (Å²) < 4.78 is 21.5. The highest BCUT2D eigenvalue weighted by molar-refractivity contribution is 7.09. The van der Waals surface area contributed by atoms with E-state index < -0.39 is 11.7 Å². The molecule has 0 spiro atoms. The van der Waals surface area contributed by atoms with E-state index in [9.17, 15) is 14.0 Å². The van der Waals surface area contributed by atoms with Gasteiger partial charge in [0.05, 0.1) is 18.2 Å². The molecule has 1 aromatic heterocycles. The van der Waals surface area contributed by atoms with Crippen LogP contribution >= 0.6 is 11.3 Å². The van der Waals surface area contributed by atoms with Crippen molar-refractivity contribution in [1.29, 1.82) is 0 Å². The van der Waals surface area contributed by atoms with Crippen molar-refractivity contribution in [3.05, 3.63) is 86.4 Å². The van der Waals surface area contributed by atoms with Crippen molar-refractivity contribution in [2.24, 2.45) is 4.99 Å². The van der Waals surface area contributed by atoms with Crippen LogP contribution in [-0.4, -0.2) is 35.6 Å². The fourth-order valence-corrected chi connectivity index (χ4v) is 4.73. The first-order chi connectivity index (χ1) is 15.9. The second-order valence-electron chi connectivity index (χ2n) is 8.05. The molecule has 4 rings (SSSR count). The molecule has 0 saturated carbocycles. The van der Waals surface area contributed by atoms with Gasteiger partial charge in [-0.05, 0) is 56.5 Å². The number of rotatable bonds is 6. The molecule has 2 heterocycles. The van der Waals surface area contributed by atoms with Crippen LogP contribution in [-0.2, 0) is 11.3 Å². The van der Waals surface area contributed by atoms with Gasteiger partial charge in [0.1, 0.15) is 5.82 Å². The normalized spacial score (nSPS) is 16.2. The molecular formula is C25H26FN3O3S. The van der Waals surface area contributed by atoms with Gasteiger partial charge in [-0.1, -0.05) is 24.3 Å². The van der Waals surface area contributed by atoms with Gasteiger partial charge < -0.3 is 14.6 Å². The monoisotopic (exact) mass is 467 g/mol. The molecule has 2 amide bonds. The third-order valence-electron chi connectivity index (χ3n) is 5.74. The van der Waals surface area contributed by atoms with Gasteiger partial charge in [-0.3, -0.25) is 9.59 Å². The summed E-state index contributed by atoms with van der Waals surface area (Å²) in [6, 6.07) is 13.2. The number of nitrogens with one attached hydrogen (secondary N) is 1. The van der Waals surface area contributed by atoms with E-state index in [0.717, 1.165) is 35.6 Å². The lowest BCUT2D eigenvalue weighted by molar-refractivity contribution is 0.0857. The molecule has 1 N–H and O–H groups in total. The highest BCUT2D eigenvalue weighted by Crippen LogP contribution is 2.15. The first-order valence-corrected chi connectivity index (χ1v) is 11.7. The van der Waals surface area contributed by atoms with E-state index in [-0.39, 0.29) is 17.6 Å². The van der Waals surface area contributed by atoms with Gasteiger partial charge in [-0.15, -0.1) is 11.3 Å². The number of carbonyl (C=O) groups excluding carboxylic acids is 2. The average Bonchev–Trinajstić information content (AvgIpc) is 3.42. The number of benzene rings is 2. The Morgan fingerprint density at radius 3 is 2.79 bits per heavy atom. The molecule has 2 aromatic carbocycles. The Kier molecular flexibility index (Phi) is 7.15. The minimum Gasteiger partial charge on any atom is -0.376 e. The van der Waals surface area contributed by atoms with E-state index in [1.165, 1.54) is 29.5 Å². The van der Waals surface area contributed by atoms with Gasteiger partial charge in [-0.2, -0.15) is 4.99 Å². The molecule has 3 aromatic rings. The molecule has 1 aliphatic rings. The third-order valence-corrected chi connectivity index (χ3v) is 6.83. The van der Waals surface area contributed by atoms with Crippen LogP contribution in [0.3, 0.4) is 0 Å². The van der Waals surface area contributed by atoms with E-state index in [4.69, 9.17) is 4.74 Å². The lowest BCUT2D eigenvalue weighted by atomic mass is 10.1. The maximum absolute atomic E-state index is 14.0. The maximum atomic E-state index is 14.0. The fraction of sp³-hybridized carbons (Fsp3) is 0.320. The summed E-state index contributed by atoms with van der Waals surface area (Å²) in [4.78, 5) is 30.9. The number of nitrogens with zero attached hydrogens (tertiary/aromatic N) is 2. The molecule has 172 valence electrons. The molecule has 1 atom stereocenters. The lowest BCUT2D eigenvalue weighted by Gasteiger charge is -2.12. The Morgan fingerprint density at radius 1 is 1.21 bits per heavy atom. The molecule has 6 nitrogen and oxygen atoms in total. The Balaban J connectivity index is 1.56. The predicted octanol–water partition coefficient (Wildman–Crippen LogP) is 4.00. The van der Waals surface area contributed by atoms with Gasteiger partial charge in [0.25, 0.3) is 11.8 Å². The van der Waals surface area contributed by atoms with Crippen LogP contribution in [0, 0.1) is 19.7 Å². The largest absolute Gasteiger partial charge is 0.376 e. The summed E-state index contributed by atoms with van der Waals surface area (Å²) in [5.74, 6) is -1.36. The van der Waals surface area contributed by atoms with Crippen molar-refractivity contribution >= 4 is 23.2 Å². The second kappa shape index (κ2) is 10.2. The van der Waals surface area contributed by atoms with E-state index in [1.54, 1.807) is 12.1 Å². The topological polar surface area (TPSA) is 72.7 Å². The molecule has 1 aliphatic heterocycles. The van der Waals surface area contributed by atoms with Crippen LogP contribution in [0.5, 0.6) is 0 Å². The number of carbonyl (C=O) groups is 2. The summed E-state index contributed by atoms with van der Waals surface area (Å²) in [6.07, 6.45) is 2.07. The lowest BCUT2D eigenvalue weighted by Crippen LogP contribution is -2.31. The first-order valence-electron chi connectivity index (χ1n) is 10.9. The van der Waals surface area contributed by atoms with Crippen LogP contribution in [0.15, 0.2) is 53.5 Å². The van der Waals surface area contributed by atoms with E-state index in [2.05, 4.69) is 10.3 Å². The zero-order valence-corrected chi connectivity index (χ0v) is 19.5. The molecule has 0 aliphatic carbocycles. The van der Waals surface area contributed by atoms with Crippen molar-refractivity contribution in [3.8, 4) is 0 Å². The van der Waals surface area contributed by atoms with Crippen LogP contribution in [0.25, 0.3) is 0 Å². The van der Waals surface area contributed by atoms with Gasteiger partial charge in [-0.25, -0.2) is 4.39 Å². The molecule has 8 heteroatoms. The van der Waals surface area contributed by atoms with E-state index in [0.29, 0.717) is 23.5 Å². The van der Waals surface area contributed by atoms with E-state index >= 15 is 0 Å². The quantitative estimate of drug-likeness (QED) is 0.596. The number of hydrogen-bond donors (Lipinski definition) is 1. The molecule has 33 heavy (non-hydrogen) atoms. The number of halogens is 1. The van der Waals surface area contributed by atoms with Crippen LogP contribution in [0.4, 0.5) is 4.39 Å². The minimum atomic E-state index is -0.620. The molecule has 1 saturated heterocycles. The van der Waals surface area contributed by atoms with Gasteiger partial charge in [0, 0.05) is 29.3 Å². The highest BCUT2D eigenvalue weighted by Gasteiger charge is 2.17. The summed E-state index contributed by atoms with van der Waals surface area (Å²) in [6.45, 7) is 5.60. The van der Waals surface area contributed by atoms with Gasteiger partial charge in [0.15, 0.2) is 4.80 Å². The Labute approximate surface area is 195 Å². The van der Waals surface area contributed by atoms with Crippen molar-refractivity contribution in [2.45, 2.75) is 39.3 Å². The van der Waals surface area contributed by atoms with Crippen molar-refractivity contribution in [3.63, 3.8) is 0 Å². The van der Waals surface area contributed by atoms with Crippen molar-refractivity contribution in [2.75, 3.05) is 13.2 Å². The average molecular weight is 468 g/mol. The zero-order valence-electron chi connectivity index (χ0n) is 18.6. The molecule has 0 bridgehead atoms. The van der Waals surface area contributed by atoms with Crippen LogP contribution < -0.4 is 10.1 Å². The van der Waals surface area contributed by atoms with Crippen LogP contribution in [0.1, 0.15) is 49.7 Å². The summed E-state index contributed by atoms with van der Waals surface area (Å²) >= 11 is 1.38. The number of thiazole rings is 1. The van der Waals surface area contributed by atoms with Gasteiger partial charge in [0.2, 0.25) is 0 Å². The highest BCUT2D eigenvalue weighted by atomic mass is 32.1. The molecule has 0 radical (unpaired) electrons. The smallest absolute Gasteiger partial charge is 0.282 e. The Hall–Kier alpha value is -3.10. The second-order valence-corrected chi connectivity index (χ2v) is 9.24. The SMILES string of the molecule is Cc1sc(=NC(=O)c2ccccc2F)n(Cc2cccc(C(=O)NCC3CCCO3)c2)c1C. The number of aryl methyl sites for hydroxylation is 1. The summed E-state index contributed by atoms with van der Waals surface area (Å²) in [5.41, 5.74) is 2.38. The standard InChI is InChI=1S/C25H26FN3O3S/c1-16-17(2)33-25(28-24(31)21-10-3-4-11-22(21)26)29(16)15-18-7-5-8-19(13-18)23(30)27-14-20-9-6-12-32-20/h3-5,7-8,10-11,13,20H,6,9,12,14-15H2,1-2H3,(H,27,30). The number of ether oxygens (including phenoxy) is 1. The molecule has 1 unspecified atom stereocenters. The first kappa shape index (κ1) is 23.1. The molecule has 1 fully saturated rings. The number of amides is 2. The van der Waals surface area contributed by atoms with Crippen LogP contribution in [0.2, 0.25) is 0 Å². The van der Waals surface area contributed by atoms with Crippen molar-refractivity contribution in [1.82, 2.24) is 9.88 Å². The summed E-state index contributed by atoms with van der Waals surface area (Å²) in [5, 5.41) is 2.94.